The average molecular weight is 292 g/mol. The van der Waals surface area contributed by atoms with Crippen LogP contribution in [0.15, 0.2) is 30.3 Å². The minimum Gasteiger partial charge on any atom is -0.445 e. The van der Waals surface area contributed by atoms with Crippen molar-refractivity contribution >= 4 is 6.09 Å². The van der Waals surface area contributed by atoms with Gasteiger partial charge in [-0.1, -0.05) is 57.5 Å². The van der Waals surface area contributed by atoms with Crippen molar-refractivity contribution in [2.45, 2.75) is 33.8 Å². The first-order valence-electron chi connectivity index (χ1n) is 7.89. The minimum atomic E-state index is -0.199. The highest BCUT2D eigenvalue weighted by atomic mass is 16.6. The molecule has 4 nitrogen and oxygen atoms in total. The van der Waals surface area contributed by atoms with Gasteiger partial charge < -0.3 is 14.5 Å². The molecule has 0 saturated carbocycles. The lowest BCUT2D eigenvalue weighted by Crippen LogP contribution is -2.48. The van der Waals surface area contributed by atoms with E-state index in [1.54, 1.807) is 4.90 Å². The van der Waals surface area contributed by atoms with Crippen molar-refractivity contribution in [2.24, 2.45) is 0 Å². The molecule has 0 radical (unpaired) electrons. The van der Waals surface area contributed by atoms with Crippen molar-refractivity contribution in [2.75, 3.05) is 32.7 Å². The molecule has 1 heterocycles. The molecule has 21 heavy (non-hydrogen) atoms. The first kappa shape index (κ1) is 17.5. The third kappa shape index (κ3) is 6.63. The maximum atomic E-state index is 11.9. The highest BCUT2D eigenvalue weighted by Crippen LogP contribution is 2.06. The van der Waals surface area contributed by atoms with Gasteiger partial charge in [0.1, 0.15) is 6.61 Å². The van der Waals surface area contributed by atoms with Gasteiger partial charge in [0, 0.05) is 26.2 Å². The Morgan fingerprint density at radius 3 is 2.14 bits per heavy atom. The van der Waals surface area contributed by atoms with E-state index in [-0.39, 0.29) is 6.09 Å². The molecule has 1 fully saturated rings. The summed E-state index contributed by atoms with van der Waals surface area (Å²) in [6, 6.07) is 9.77. The molecule has 0 bridgehead atoms. The van der Waals surface area contributed by atoms with E-state index in [1.807, 2.05) is 30.3 Å². The smallest absolute Gasteiger partial charge is 0.410 e. The number of rotatable bonds is 3. The largest absolute Gasteiger partial charge is 0.445 e. The van der Waals surface area contributed by atoms with Crippen molar-refractivity contribution in [1.82, 2.24) is 9.80 Å². The van der Waals surface area contributed by atoms with Crippen LogP contribution < -0.4 is 0 Å². The summed E-state index contributed by atoms with van der Waals surface area (Å²) in [5, 5.41) is 0. The summed E-state index contributed by atoms with van der Waals surface area (Å²) in [6.07, 6.45) is 1.05. The van der Waals surface area contributed by atoms with E-state index in [9.17, 15) is 4.79 Å². The lowest BCUT2D eigenvalue weighted by molar-refractivity contribution is 0.0729. The van der Waals surface area contributed by atoms with Gasteiger partial charge in [-0.3, -0.25) is 0 Å². The molecular formula is C17H28N2O2. The number of hydrogen-bond donors (Lipinski definition) is 0. The van der Waals surface area contributed by atoms with Crippen molar-refractivity contribution < 1.29 is 9.53 Å². The summed E-state index contributed by atoms with van der Waals surface area (Å²) < 4.78 is 5.30. The Hall–Kier alpha value is -1.55. The second-order valence-electron chi connectivity index (χ2n) is 5.17. The van der Waals surface area contributed by atoms with E-state index in [2.05, 4.69) is 25.7 Å². The molecule has 0 aliphatic carbocycles. The molecule has 2 rings (SSSR count). The fraction of sp³-hybridized carbons (Fsp3) is 0.588. The van der Waals surface area contributed by atoms with Crippen molar-refractivity contribution in [1.29, 1.82) is 0 Å². The summed E-state index contributed by atoms with van der Waals surface area (Å²) in [7, 11) is 0. The molecule has 0 atom stereocenters. The monoisotopic (exact) mass is 292 g/mol. The van der Waals surface area contributed by atoms with Gasteiger partial charge in [0.05, 0.1) is 0 Å². The van der Waals surface area contributed by atoms with Crippen LogP contribution in [0.1, 0.15) is 32.8 Å². The Morgan fingerprint density at radius 2 is 1.62 bits per heavy atom. The number of benzene rings is 1. The molecule has 118 valence electrons. The van der Waals surface area contributed by atoms with Crippen LogP contribution in [0.5, 0.6) is 0 Å². The molecule has 1 aromatic carbocycles. The van der Waals surface area contributed by atoms with Gasteiger partial charge in [-0.15, -0.1) is 0 Å². The highest BCUT2D eigenvalue weighted by Gasteiger charge is 2.20. The van der Waals surface area contributed by atoms with Crippen molar-refractivity contribution in [3.8, 4) is 0 Å². The maximum Gasteiger partial charge on any atom is 0.410 e. The molecule has 4 heteroatoms. The number of piperazine rings is 1. The predicted molar refractivity (Wildman–Crippen MR) is 86.3 cm³/mol. The van der Waals surface area contributed by atoms with E-state index in [0.29, 0.717) is 6.61 Å². The quantitative estimate of drug-likeness (QED) is 0.856. The van der Waals surface area contributed by atoms with Crippen LogP contribution in [-0.2, 0) is 11.3 Å². The SMILES string of the molecule is CCC.CCN1CCN(C(=O)OCc2ccccc2)CC1. The number of likely N-dealkylation sites (N-methyl/N-ethyl adjacent to an activating group) is 1. The van der Waals surface area contributed by atoms with Gasteiger partial charge in [-0.25, -0.2) is 4.79 Å². The molecule has 0 N–H and O–H groups in total. The summed E-state index contributed by atoms with van der Waals surface area (Å²) in [6.45, 7) is 11.2. The second kappa shape index (κ2) is 10.2. The lowest BCUT2D eigenvalue weighted by Gasteiger charge is -2.33. The predicted octanol–water partition coefficient (Wildman–Crippen LogP) is 3.38. The zero-order valence-electron chi connectivity index (χ0n) is 13.5. The van der Waals surface area contributed by atoms with Gasteiger partial charge in [0.2, 0.25) is 0 Å². The zero-order chi connectivity index (χ0) is 15.5. The molecule has 0 unspecified atom stereocenters. The van der Waals surface area contributed by atoms with E-state index in [1.165, 1.54) is 6.42 Å². The Bertz CT molecular complexity index is 387. The molecule has 1 aliphatic rings. The summed E-state index contributed by atoms with van der Waals surface area (Å²) in [5.41, 5.74) is 1.03. The van der Waals surface area contributed by atoms with Gasteiger partial charge >= 0.3 is 6.09 Å². The van der Waals surface area contributed by atoms with Gasteiger partial charge in [-0.05, 0) is 12.1 Å². The molecule has 1 amide bonds. The molecule has 1 aromatic rings. The molecule has 0 spiro atoms. The normalized spacial score (nSPS) is 15.1. The topological polar surface area (TPSA) is 32.8 Å². The second-order valence-corrected chi connectivity index (χ2v) is 5.17. The van der Waals surface area contributed by atoms with E-state index in [4.69, 9.17) is 4.74 Å². The average Bonchev–Trinajstić information content (AvgIpc) is 2.54. The Kier molecular flexibility index (Phi) is 8.51. The molecule has 1 aliphatic heterocycles. The van der Waals surface area contributed by atoms with E-state index >= 15 is 0 Å². The zero-order valence-corrected chi connectivity index (χ0v) is 13.5. The van der Waals surface area contributed by atoms with Crippen molar-refractivity contribution in [3.05, 3.63) is 35.9 Å². The van der Waals surface area contributed by atoms with E-state index in [0.717, 1.165) is 38.3 Å². The molecule has 1 saturated heterocycles. The summed E-state index contributed by atoms with van der Waals surface area (Å²) in [4.78, 5) is 16.0. The Balaban J connectivity index is 0.000000677. The van der Waals surface area contributed by atoms with Gasteiger partial charge in [0.25, 0.3) is 0 Å². The summed E-state index contributed by atoms with van der Waals surface area (Å²) in [5.74, 6) is 0. The lowest BCUT2D eigenvalue weighted by atomic mass is 10.2. The highest BCUT2D eigenvalue weighted by molar-refractivity contribution is 5.67. The minimum absolute atomic E-state index is 0.199. The van der Waals surface area contributed by atoms with Crippen LogP contribution in [0.3, 0.4) is 0 Å². The third-order valence-corrected chi connectivity index (χ3v) is 3.28. The number of hydrogen-bond acceptors (Lipinski definition) is 3. The number of ether oxygens (including phenoxy) is 1. The van der Waals surface area contributed by atoms with Crippen LogP contribution in [0.2, 0.25) is 0 Å². The Labute approximate surface area is 128 Å². The summed E-state index contributed by atoms with van der Waals surface area (Å²) >= 11 is 0. The Morgan fingerprint density at radius 1 is 1.05 bits per heavy atom. The molecule has 0 aromatic heterocycles. The van der Waals surface area contributed by atoms with Crippen LogP contribution in [0.25, 0.3) is 0 Å². The van der Waals surface area contributed by atoms with Gasteiger partial charge in [0.15, 0.2) is 0 Å². The number of carbonyl (C=O) groups is 1. The third-order valence-electron chi connectivity index (χ3n) is 3.28. The fourth-order valence-electron chi connectivity index (χ4n) is 2.06. The first-order chi connectivity index (χ1) is 10.2. The van der Waals surface area contributed by atoms with E-state index < -0.39 is 0 Å². The van der Waals surface area contributed by atoms with Crippen LogP contribution in [0, 0.1) is 0 Å². The first-order valence-corrected chi connectivity index (χ1v) is 7.89. The number of carbonyl (C=O) groups excluding carboxylic acids is 1. The van der Waals surface area contributed by atoms with Crippen LogP contribution in [-0.4, -0.2) is 48.6 Å². The number of nitrogens with zero attached hydrogens (tertiary/aromatic N) is 2. The van der Waals surface area contributed by atoms with Crippen LogP contribution >= 0.6 is 0 Å². The van der Waals surface area contributed by atoms with Crippen molar-refractivity contribution in [3.63, 3.8) is 0 Å². The van der Waals surface area contributed by atoms with Gasteiger partial charge in [-0.2, -0.15) is 0 Å². The number of amides is 1. The molecular weight excluding hydrogens is 264 g/mol. The standard InChI is InChI=1S/C14H20N2O2.C3H8/c1-2-15-8-10-16(11-9-15)14(17)18-12-13-6-4-3-5-7-13;1-3-2/h3-7H,2,8-12H2,1H3;3H2,1-2H3. The fourth-order valence-corrected chi connectivity index (χ4v) is 2.06. The maximum absolute atomic E-state index is 11.9. The van der Waals surface area contributed by atoms with Crippen LogP contribution in [0.4, 0.5) is 4.79 Å².